The summed E-state index contributed by atoms with van der Waals surface area (Å²) in [6.07, 6.45) is 2.30. The van der Waals surface area contributed by atoms with E-state index in [-0.39, 0.29) is 11.7 Å². The van der Waals surface area contributed by atoms with Crippen molar-refractivity contribution >= 4 is 17.7 Å². The lowest BCUT2D eigenvalue weighted by Gasteiger charge is -2.35. The van der Waals surface area contributed by atoms with E-state index in [1.54, 1.807) is 31.0 Å². The molecule has 1 aliphatic carbocycles. The quantitative estimate of drug-likeness (QED) is 0.529. The van der Waals surface area contributed by atoms with Crippen LogP contribution in [-0.2, 0) is 9.59 Å². The molecule has 5 rings (SSSR count). The van der Waals surface area contributed by atoms with Crippen molar-refractivity contribution in [3.8, 4) is 17.2 Å². The van der Waals surface area contributed by atoms with Gasteiger partial charge in [0, 0.05) is 23.3 Å². The van der Waals surface area contributed by atoms with E-state index in [1.807, 2.05) is 30.3 Å². The van der Waals surface area contributed by atoms with E-state index in [4.69, 9.17) is 19.3 Å². The van der Waals surface area contributed by atoms with Crippen LogP contribution in [0.15, 0.2) is 60.1 Å². The molecule has 0 unspecified atom stereocenters. The summed E-state index contributed by atoms with van der Waals surface area (Å²) < 4.78 is 18.0. The second-order valence-corrected chi connectivity index (χ2v) is 8.31. The number of rotatable bonds is 7. The van der Waals surface area contributed by atoms with Crippen LogP contribution in [0, 0.1) is 0 Å². The Morgan fingerprint density at radius 3 is 2.69 bits per heavy atom. The predicted molar refractivity (Wildman–Crippen MR) is 125 cm³/mol. The van der Waals surface area contributed by atoms with Crippen molar-refractivity contribution in [1.82, 2.24) is 14.8 Å². The molecule has 1 aliphatic heterocycles. The summed E-state index contributed by atoms with van der Waals surface area (Å²) in [5, 5.41) is 16.7. The van der Waals surface area contributed by atoms with Crippen LogP contribution in [0.2, 0.25) is 0 Å². The molecule has 0 saturated carbocycles. The summed E-state index contributed by atoms with van der Waals surface area (Å²) in [6.45, 7) is -0.493. The number of benzene rings is 2. The molecule has 0 spiro atoms. The van der Waals surface area contributed by atoms with Gasteiger partial charge in [0.05, 0.1) is 14.2 Å². The predicted octanol–water partition coefficient (Wildman–Crippen LogP) is 3.17. The monoisotopic (exact) mass is 476 g/mol. The Hall–Kier alpha value is -4.34. The first kappa shape index (κ1) is 22.5. The Morgan fingerprint density at radius 2 is 1.91 bits per heavy atom. The summed E-state index contributed by atoms with van der Waals surface area (Å²) in [5.41, 5.74) is 2.95. The van der Waals surface area contributed by atoms with Crippen molar-refractivity contribution in [2.75, 3.05) is 26.1 Å². The molecule has 2 aromatic carbocycles. The Balaban J connectivity index is 1.55. The SMILES string of the molecule is COc1ccc([C@@H]2CC(=O)C3=C(C2)Nc2ncnn2[C@H]3c2ccccc2OCC(=O)O)cc1OC. The number of methoxy groups -OCH3 is 2. The lowest BCUT2D eigenvalue weighted by molar-refractivity contribution is -0.139. The standard InChI is InChI=1S/C25H24N4O6/c1-33-20-8-7-14(11-21(20)34-2)15-9-17-23(18(30)10-15)24(29-25(28-17)26-13-27-29)16-5-3-4-6-19(16)35-12-22(31)32/h3-8,11,13,15,24H,9-10,12H2,1-2H3,(H,31,32)(H,26,27,28)/t15-,24-/m0/s1. The molecule has 0 saturated heterocycles. The van der Waals surface area contributed by atoms with Crippen LogP contribution >= 0.6 is 0 Å². The number of nitrogens with one attached hydrogen (secondary N) is 1. The van der Waals surface area contributed by atoms with Crippen LogP contribution in [0.5, 0.6) is 17.2 Å². The molecule has 10 heteroatoms. The molecule has 0 amide bonds. The summed E-state index contributed by atoms with van der Waals surface area (Å²) in [5.74, 6) is 0.932. The van der Waals surface area contributed by atoms with Gasteiger partial charge in [0.1, 0.15) is 18.1 Å². The second kappa shape index (κ2) is 9.13. The summed E-state index contributed by atoms with van der Waals surface area (Å²) in [6, 6.07) is 12.2. The number of aromatic nitrogens is 3. The number of carbonyl (C=O) groups is 2. The fourth-order valence-electron chi connectivity index (χ4n) is 4.76. The number of nitrogens with zero attached hydrogens (tertiary/aromatic N) is 3. The number of Topliss-reactive ketones (excluding diaryl/α,β-unsaturated/α-hetero) is 1. The first-order valence-corrected chi connectivity index (χ1v) is 11.1. The number of carboxylic acids is 1. The fourth-order valence-corrected chi connectivity index (χ4v) is 4.76. The number of fused-ring (bicyclic) bond motifs is 1. The number of para-hydroxylation sites is 1. The Labute approximate surface area is 201 Å². The molecule has 2 heterocycles. The van der Waals surface area contributed by atoms with Gasteiger partial charge < -0.3 is 24.6 Å². The molecule has 35 heavy (non-hydrogen) atoms. The van der Waals surface area contributed by atoms with E-state index in [1.165, 1.54) is 6.33 Å². The number of hydrogen-bond acceptors (Lipinski definition) is 8. The van der Waals surface area contributed by atoms with Gasteiger partial charge in [-0.05, 0) is 36.1 Å². The Morgan fingerprint density at radius 1 is 1.11 bits per heavy atom. The number of allylic oxidation sites excluding steroid dienone is 2. The number of aliphatic carboxylic acids is 1. The zero-order valence-electron chi connectivity index (χ0n) is 19.2. The molecule has 2 N–H and O–H groups in total. The van der Waals surface area contributed by atoms with Crippen molar-refractivity contribution in [2.24, 2.45) is 0 Å². The molecule has 0 bridgehead atoms. The van der Waals surface area contributed by atoms with Gasteiger partial charge >= 0.3 is 5.97 Å². The van der Waals surface area contributed by atoms with Gasteiger partial charge in [-0.3, -0.25) is 4.79 Å². The van der Waals surface area contributed by atoms with Crippen LogP contribution in [0.3, 0.4) is 0 Å². The maximum absolute atomic E-state index is 13.6. The third-order valence-corrected chi connectivity index (χ3v) is 6.31. The van der Waals surface area contributed by atoms with Crippen LogP contribution < -0.4 is 19.5 Å². The van der Waals surface area contributed by atoms with Crippen LogP contribution in [0.25, 0.3) is 0 Å². The average molecular weight is 476 g/mol. The largest absolute Gasteiger partial charge is 0.493 e. The van der Waals surface area contributed by atoms with Crippen molar-refractivity contribution in [3.05, 3.63) is 71.2 Å². The number of anilines is 1. The molecule has 3 aromatic rings. The molecule has 2 aliphatic rings. The fraction of sp³-hybridized carbons (Fsp3) is 0.280. The van der Waals surface area contributed by atoms with Gasteiger partial charge in [-0.25, -0.2) is 9.48 Å². The van der Waals surface area contributed by atoms with Crippen molar-refractivity contribution < 1.29 is 28.9 Å². The first-order chi connectivity index (χ1) is 17.0. The van der Waals surface area contributed by atoms with Gasteiger partial charge in [-0.15, -0.1) is 0 Å². The highest BCUT2D eigenvalue weighted by molar-refractivity contribution is 6.00. The number of hydrogen-bond donors (Lipinski definition) is 2. The van der Waals surface area contributed by atoms with Crippen LogP contribution in [-0.4, -0.2) is 52.5 Å². The topological polar surface area (TPSA) is 125 Å². The van der Waals surface area contributed by atoms with E-state index in [9.17, 15) is 9.59 Å². The minimum Gasteiger partial charge on any atom is -0.493 e. The van der Waals surface area contributed by atoms with Crippen LogP contribution in [0.4, 0.5) is 5.95 Å². The van der Waals surface area contributed by atoms with E-state index in [0.29, 0.717) is 47.2 Å². The van der Waals surface area contributed by atoms with Crippen molar-refractivity contribution in [2.45, 2.75) is 24.8 Å². The van der Waals surface area contributed by atoms with Gasteiger partial charge in [-0.1, -0.05) is 24.3 Å². The summed E-state index contributed by atoms with van der Waals surface area (Å²) >= 11 is 0. The highest BCUT2D eigenvalue weighted by Crippen LogP contribution is 2.46. The minimum atomic E-state index is -1.09. The van der Waals surface area contributed by atoms with Gasteiger partial charge in [0.25, 0.3) is 0 Å². The molecule has 1 aromatic heterocycles. The first-order valence-electron chi connectivity index (χ1n) is 11.1. The lowest BCUT2D eigenvalue weighted by Crippen LogP contribution is -2.33. The molecule has 10 nitrogen and oxygen atoms in total. The number of carbonyl (C=O) groups excluding carboxylic acids is 1. The molecular formula is C25H24N4O6. The molecule has 2 atom stereocenters. The zero-order valence-corrected chi connectivity index (χ0v) is 19.2. The number of carboxylic acid groups (broad SMARTS) is 1. The average Bonchev–Trinajstić information content (AvgIpc) is 3.34. The summed E-state index contributed by atoms with van der Waals surface area (Å²) in [4.78, 5) is 29.1. The maximum Gasteiger partial charge on any atom is 0.341 e. The normalized spacial score (nSPS) is 18.9. The molecule has 180 valence electrons. The number of ketones is 1. The van der Waals surface area contributed by atoms with Gasteiger partial charge in [0.2, 0.25) is 5.95 Å². The van der Waals surface area contributed by atoms with Gasteiger partial charge in [0.15, 0.2) is 23.9 Å². The molecule has 0 radical (unpaired) electrons. The second-order valence-electron chi connectivity index (χ2n) is 8.31. The summed E-state index contributed by atoms with van der Waals surface area (Å²) in [7, 11) is 3.16. The highest BCUT2D eigenvalue weighted by atomic mass is 16.5. The lowest BCUT2D eigenvalue weighted by atomic mass is 9.77. The van der Waals surface area contributed by atoms with E-state index >= 15 is 0 Å². The number of ether oxygens (including phenoxy) is 3. The third kappa shape index (κ3) is 4.07. The molecular weight excluding hydrogens is 452 g/mol. The van der Waals surface area contributed by atoms with Crippen LogP contribution in [0.1, 0.15) is 35.9 Å². The van der Waals surface area contributed by atoms with Crippen molar-refractivity contribution in [1.29, 1.82) is 0 Å². The minimum absolute atomic E-state index is 0.0299. The van der Waals surface area contributed by atoms with E-state index < -0.39 is 18.6 Å². The Kier molecular flexibility index (Phi) is 5.86. The van der Waals surface area contributed by atoms with E-state index in [0.717, 1.165) is 11.3 Å². The zero-order chi connectivity index (χ0) is 24.5. The smallest absolute Gasteiger partial charge is 0.341 e. The van der Waals surface area contributed by atoms with E-state index in [2.05, 4.69) is 15.4 Å². The molecule has 0 fully saturated rings. The van der Waals surface area contributed by atoms with Crippen molar-refractivity contribution in [3.63, 3.8) is 0 Å². The maximum atomic E-state index is 13.6. The highest BCUT2D eigenvalue weighted by Gasteiger charge is 2.40. The third-order valence-electron chi connectivity index (χ3n) is 6.31. The Bertz CT molecular complexity index is 1330. The van der Waals surface area contributed by atoms with Gasteiger partial charge in [-0.2, -0.15) is 10.1 Å².